The number of hydrogen-bond donors (Lipinski definition) is 1. The first kappa shape index (κ1) is 16.8. The van der Waals surface area contributed by atoms with Crippen LogP contribution in [0.5, 0.6) is 0 Å². The monoisotopic (exact) mass is 375 g/mol. The third-order valence-electron chi connectivity index (χ3n) is 4.29. The first-order valence-electron chi connectivity index (χ1n) is 8.06. The van der Waals surface area contributed by atoms with Crippen molar-refractivity contribution < 1.29 is 22.4 Å². The number of nitrogen functional groups attached to an aromatic ring is 1. The van der Waals surface area contributed by atoms with Crippen LogP contribution in [0, 0.1) is 0 Å². The summed E-state index contributed by atoms with van der Waals surface area (Å²) in [6, 6.07) is 9.63. The van der Waals surface area contributed by atoms with Crippen LogP contribution in [0.3, 0.4) is 0 Å². The molecule has 4 rings (SSSR count). The molecule has 9 heteroatoms. The summed E-state index contributed by atoms with van der Waals surface area (Å²) >= 11 is 0. The molecular formula is C17H17N3O5S. The zero-order valence-electron chi connectivity index (χ0n) is 13.8. The normalized spacial score (nSPS) is 16.2. The zero-order chi connectivity index (χ0) is 18.3. The minimum atomic E-state index is -3.78. The minimum absolute atomic E-state index is 0.0499. The van der Waals surface area contributed by atoms with E-state index in [0.29, 0.717) is 24.4 Å². The van der Waals surface area contributed by atoms with Gasteiger partial charge >= 0.3 is 0 Å². The molecule has 26 heavy (non-hydrogen) atoms. The minimum Gasteiger partial charge on any atom is -0.438 e. The number of ether oxygens (including phenoxy) is 1. The number of carbonyl (C=O) groups is 1. The van der Waals surface area contributed by atoms with Gasteiger partial charge in [0.1, 0.15) is 0 Å². The van der Waals surface area contributed by atoms with Gasteiger partial charge in [0.05, 0.1) is 18.7 Å². The van der Waals surface area contributed by atoms with Crippen molar-refractivity contribution in [3.05, 3.63) is 48.4 Å². The van der Waals surface area contributed by atoms with Crippen molar-refractivity contribution in [1.29, 1.82) is 0 Å². The summed E-state index contributed by atoms with van der Waals surface area (Å²) < 4.78 is 38.5. The molecule has 2 N–H and O–H groups in total. The predicted molar refractivity (Wildman–Crippen MR) is 94.4 cm³/mol. The molecule has 1 fully saturated rings. The molecule has 8 nitrogen and oxygen atoms in total. The van der Waals surface area contributed by atoms with Crippen LogP contribution >= 0.6 is 0 Å². The second kappa shape index (κ2) is 6.27. The highest BCUT2D eigenvalue weighted by molar-refractivity contribution is 7.89. The lowest BCUT2D eigenvalue weighted by atomic mass is 10.2. The summed E-state index contributed by atoms with van der Waals surface area (Å²) in [5.41, 5.74) is 7.01. The van der Waals surface area contributed by atoms with E-state index in [1.807, 2.05) is 0 Å². The highest BCUT2D eigenvalue weighted by Crippen LogP contribution is 2.23. The zero-order valence-corrected chi connectivity index (χ0v) is 14.6. The van der Waals surface area contributed by atoms with E-state index in [9.17, 15) is 13.2 Å². The molecule has 0 bridgehead atoms. The fourth-order valence-electron chi connectivity index (χ4n) is 2.94. The van der Waals surface area contributed by atoms with Gasteiger partial charge in [-0.25, -0.2) is 8.42 Å². The SMILES string of the molecule is Nc1ccc2c(ccn2C(=O)c2ccc(S(=O)(=O)N3CCOCC3)o2)c1. The van der Waals surface area contributed by atoms with Gasteiger partial charge in [0, 0.05) is 30.4 Å². The van der Waals surface area contributed by atoms with Crippen molar-refractivity contribution in [2.24, 2.45) is 0 Å². The number of sulfonamides is 1. The molecule has 1 aromatic carbocycles. The number of carbonyl (C=O) groups excluding carboxylic acids is 1. The number of fused-ring (bicyclic) bond motifs is 1. The average molecular weight is 375 g/mol. The maximum atomic E-state index is 12.7. The molecule has 1 saturated heterocycles. The van der Waals surface area contributed by atoms with Crippen LogP contribution in [0.15, 0.2) is 52.1 Å². The first-order valence-corrected chi connectivity index (χ1v) is 9.50. The molecule has 0 atom stereocenters. The Balaban J connectivity index is 1.65. The van der Waals surface area contributed by atoms with Crippen LogP contribution in [0.4, 0.5) is 5.69 Å². The summed E-state index contributed by atoms with van der Waals surface area (Å²) in [6.07, 6.45) is 1.60. The van der Waals surface area contributed by atoms with E-state index in [1.54, 1.807) is 30.5 Å². The summed E-state index contributed by atoms with van der Waals surface area (Å²) in [6.45, 7) is 1.19. The van der Waals surface area contributed by atoms with Crippen LogP contribution in [0.2, 0.25) is 0 Å². The largest absolute Gasteiger partial charge is 0.438 e. The van der Waals surface area contributed by atoms with Gasteiger partial charge in [0.25, 0.3) is 15.9 Å². The summed E-state index contributed by atoms with van der Waals surface area (Å²) in [4.78, 5) is 12.7. The van der Waals surface area contributed by atoms with Gasteiger partial charge in [-0.3, -0.25) is 9.36 Å². The second-order valence-electron chi connectivity index (χ2n) is 5.94. The Kier molecular flexibility index (Phi) is 4.06. The van der Waals surface area contributed by atoms with E-state index in [-0.39, 0.29) is 23.9 Å². The maximum absolute atomic E-state index is 12.7. The van der Waals surface area contributed by atoms with Crippen molar-refractivity contribution in [3.63, 3.8) is 0 Å². The summed E-state index contributed by atoms with van der Waals surface area (Å²) in [5.74, 6) is -0.501. The first-order chi connectivity index (χ1) is 12.5. The Morgan fingerprint density at radius 2 is 1.85 bits per heavy atom. The molecule has 0 aliphatic carbocycles. The quantitative estimate of drug-likeness (QED) is 0.696. The van der Waals surface area contributed by atoms with Crippen LogP contribution in [-0.4, -0.2) is 49.5 Å². The fraction of sp³-hybridized carbons (Fsp3) is 0.235. The van der Waals surface area contributed by atoms with Gasteiger partial charge in [-0.2, -0.15) is 4.31 Å². The van der Waals surface area contributed by atoms with Gasteiger partial charge in [-0.1, -0.05) is 0 Å². The van der Waals surface area contributed by atoms with Crippen LogP contribution in [0.25, 0.3) is 10.9 Å². The van der Waals surface area contributed by atoms with Gasteiger partial charge in [0.2, 0.25) is 5.09 Å². The smallest absolute Gasteiger partial charge is 0.298 e. The molecule has 0 unspecified atom stereocenters. The number of benzene rings is 1. The lowest BCUT2D eigenvalue weighted by molar-refractivity contribution is 0.0722. The highest BCUT2D eigenvalue weighted by Gasteiger charge is 2.30. The predicted octanol–water partition coefficient (Wildman–Crippen LogP) is 1.53. The molecular weight excluding hydrogens is 358 g/mol. The maximum Gasteiger partial charge on any atom is 0.298 e. The van der Waals surface area contributed by atoms with E-state index in [4.69, 9.17) is 14.9 Å². The second-order valence-corrected chi connectivity index (χ2v) is 7.81. The molecule has 1 aliphatic rings. The molecule has 1 aliphatic heterocycles. The van der Waals surface area contributed by atoms with Gasteiger partial charge in [-0.05, 0) is 36.4 Å². The van der Waals surface area contributed by atoms with E-state index >= 15 is 0 Å². The number of morpholine rings is 1. The van der Waals surface area contributed by atoms with Gasteiger partial charge in [-0.15, -0.1) is 0 Å². The molecule has 0 spiro atoms. The van der Waals surface area contributed by atoms with Crippen molar-refractivity contribution in [1.82, 2.24) is 8.87 Å². The average Bonchev–Trinajstić information content (AvgIpc) is 3.29. The molecule has 2 aromatic heterocycles. The topological polar surface area (TPSA) is 108 Å². The van der Waals surface area contributed by atoms with Crippen molar-refractivity contribution in [2.75, 3.05) is 32.0 Å². The van der Waals surface area contributed by atoms with E-state index in [0.717, 1.165) is 5.39 Å². The molecule has 0 amide bonds. The Hall–Kier alpha value is -2.62. The van der Waals surface area contributed by atoms with Crippen molar-refractivity contribution in [3.8, 4) is 0 Å². The number of aromatic nitrogens is 1. The van der Waals surface area contributed by atoms with E-state index in [1.165, 1.54) is 21.0 Å². The number of furan rings is 1. The molecule has 3 aromatic rings. The van der Waals surface area contributed by atoms with Crippen LogP contribution < -0.4 is 5.73 Å². The number of nitrogens with zero attached hydrogens (tertiary/aromatic N) is 2. The third kappa shape index (κ3) is 2.79. The fourth-order valence-corrected chi connectivity index (χ4v) is 4.26. The standard InChI is InChI=1S/C17H17N3O5S/c18-13-1-2-14-12(11-13)5-6-20(14)17(21)15-3-4-16(25-15)26(22,23)19-7-9-24-10-8-19/h1-6,11H,7-10,18H2. The Labute approximate surface area is 149 Å². The third-order valence-corrected chi connectivity index (χ3v) is 6.06. The van der Waals surface area contributed by atoms with Crippen molar-refractivity contribution in [2.45, 2.75) is 5.09 Å². The van der Waals surface area contributed by atoms with E-state index in [2.05, 4.69) is 0 Å². The summed E-state index contributed by atoms with van der Waals surface area (Å²) in [7, 11) is -3.78. The highest BCUT2D eigenvalue weighted by atomic mass is 32.2. The Morgan fingerprint density at radius 1 is 1.08 bits per heavy atom. The molecule has 136 valence electrons. The number of nitrogens with two attached hydrogens (primary N) is 1. The van der Waals surface area contributed by atoms with Gasteiger partial charge in [0.15, 0.2) is 5.76 Å². The van der Waals surface area contributed by atoms with Crippen LogP contribution in [-0.2, 0) is 14.8 Å². The van der Waals surface area contributed by atoms with Crippen LogP contribution in [0.1, 0.15) is 10.6 Å². The lowest BCUT2D eigenvalue weighted by Crippen LogP contribution is -2.40. The number of hydrogen-bond acceptors (Lipinski definition) is 6. The number of rotatable bonds is 3. The van der Waals surface area contributed by atoms with Crippen molar-refractivity contribution >= 4 is 32.5 Å². The molecule has 0 radical (unpaired) electrons. The summed E-state index contributed by atoms with van der Waals surface area (Å²) in [5, 5.41) is 0.564. The van der Waals surface area contributed by atoms with Gasteiger partial charge < -0.3 is 14.9 Å². The lowest BCUT2D eigenvalue weighted by Gasteiger charge is -2.24. The van der Waals surface area contributed by atoms with E-state index < -0.39 is 15.9 Å². The Morgan fingerprint density at radius 3 is 2.62 bits per heavy atom. The number of anilines is 1. The molecule has 3 heterocycles. The Bertz CT molecular complexity index is 1080. The molecule has 0 saturated carbocycles.